The Labute approximate surface area is 84.0 Å². The van der Waals surface area contributed by atoms with E-state index in [4.69, 9.17) is 0 Å². The van der Waals surface area contributed by atoms with E-state index in [1.165, 1.54) is 4.90 Å². The van der Waals surface area contributed by atoms with Crippen LogP contribution in [0.3, 0.4) is 0 Å². The van der Waals surface area contributed by atoms with Crippen LogP contribution in [0.1, 0.15) is 6.92 Å². The first-order chi connectivity index (χ1) is 6.54. The maximum Gasteiger partial charge on any atom is 0.242 e. The molecule has 0 aromatic rings. The van der Waals surface area contributed by atoms with Gasteiger partial charge in [0, 0.05) is 19.6 Å². The minimum atomic E-state index is 0.00732. The number of amides is 2. The van der Waals surface area contributed by atoms with Crippen LogP contribution in [0.15, 0.2) is 0 Å². The number of nitrogens with zero attached hydrogens (tertiary/aromatic N) is 2. The maximum absolute atomic E-state index is 11.5. The fourth-order valence-electron chi connectivity index (χ4n) is 1.35. The van der Waals surface area contributed by atoms with Crippen molar-refractivity contribution in [3.63, 3.8) is 0 Å². The van der Waals surface area contributed by atoms with Gasteiger partial charge in [0.25, 0.3) is 0 Å². The molecule has 1 aliphatic heterocycles. The molecule has 2 amide bonds. The van der Waals surface area contributed by atoms with E-state index in [1.54, 1.807) is 11.9 Å². The van der Waals surface area contributed by atoms with Gasteiger partial charge in [-0.25, -0.2) is 0 Å². The molecular weight excluding hydrogens is 182 g/mol. The molecule has 1 N–H and O–H groups in total. The van der Waals surface area contributed by atoms with Crippen LogP contribution in [0.5, 0.6) is 0 Å². The number of nitrogens with one attached hydrogen (secondary N) is 1. The topological polar surface area (TPSA) is 52.7 Å². The summed E-state index contributed by atoms with van der Waals surface area (Å²) in [5.74, 6) is 0.0297. The number of rotatable bonds is 3. The smallest absolute Gasteiger partial charge is 0.242 e. The molecule has 0 spiro atoms. The van der Waals surface area contributed by atoms with Crippen LogP contribution in [-0.4, -0.2) is 61.4 Å². The Balaban J connectivity index is 2.53. The quantitative estimate of drug-likeness (QED) is 0.627. The van der Waals surface area contributed by atoms with Gasteiger partial charge in [-0.2, -0.15) is 0 Å². The van der Waals surface area contributed by atoms with Gasteiger partial charge in [0.05, 0.1) is 13.1 Å². The van der Waals surface area contributed by atoms with Gasteiger partial charge in [-0.1, -0.05) is 0 Å². The zero-order valence-corrected chi connectivity index (χ0v) is 8.91. The van der Waals surface area contributed by atoms with Crippen molar-refractivity contribution in [1.82, 2.24) is 15.1 Å². The van der Waals surface area contributed by atoms with E-state index < -0.39 is 0 Å². The van der Waals surface area contributed by atoms with Gasteiger partial charge in [0.2, 0.25) is 11.8 Å². The van der Waals surface area contributed by atoms with Gasteiger partial charge < -0.3 is 15.1 Å². The van der Waals surface area contributed by atoms with Gasteiger partial charge in [-0.05, 0) is 14.0 Å². The predicted octanol–water partition coefficient (Wildman–Crippen LogP) is -1.11. The summed E-state index contributed by atoms with van der Waals surface area (Å²) in [4.78, 5) is 25.9. The Kier molecular flexibility index (Phi) is 3.46. The first kappa shape index (κ1) is 11.0. The summed E-state index contributed by atoms with van der Waals surface area (Å²) >= 11 is 0. The van der Waals surface area contributed by atoms with Gasteiger partial charge >= 0.3 is 0 Å². The minimum absolute atomic E-state index is 0.00732. The number of hydrogen-bond donors (Lipinski definition) is 1. The summed E-state index contributed by atoms with van der Waals surface area (Å²) in [5, 5.41) is 3.04. The lowest BCUT2D eigenvalue weighted by Gasteiger charge is -2.33. The van der Waals surface area contributed by atoms with E-state index in [0.29, 0.717) is 6.54 Å². The Morgan fingerprint density at radius 3 is 2.57 bits per heavy atom. The lowest BCUT2D eigenvalue weighted by Crippen LogP contribution is -2.54. The van der Waals surface area contributed by atoms with Crippen molar-refractivity contribution in [2.24, 2.45) is 0 Å². The molecule has 80 valence electrons. The van der Waals surface area contributed by atoms with Crippen LogP contribution in [0.4, 0.5) is 0 Å². The third kappa shape index (κ3) is 2.45. The van der Waals surface area contributed by atoms with E-state index in [0.717, 1.165) is 0 Å². The van der Waals surface area contributed by atoms with Gasteiger partial charge in [-0.3, -0.25) is 9.59 Å². The first-order valence-electron chi connectivity index (χ1n) is 4.73. The van der Waals surface area contributed by atoms with E-state index >= 15 is 0 Å². The first-order valence-corrected chi connectivity index (χ1v) is 4.73. The molecule has 0 saturated carbocycles. The Morgan fingerprint density at radius 1 is 1.36 bits per heavy atom. The summed E-state index contributed by atoms with van der Waals surface area (Å²) in [6, 6.07) is 0.218. The van der Waals surface area contributed by atoms with Gasteiger partial charge in [0.15, 0.2) is 0 Å². The summed E-state index contributed by atoms with van der Waals surface area (Å²) in [7, 11) is 3.49. The highest BCUT2D eigenvalue weighted by molar-refractivity contribution is 5.92. The van der Waals surface area contributed by atoms with Crippen LogP contribution < -0.4 is 5.32 Å². The molecule has 0 aromatic carbocycles. The lowest BCUT2D eigenvalue weighted by molar-refractivity contribution is -0.149. The molecule has 0 bridgehead atoms. The van der Waals surface area contributed by atoms with Crippen molar-refractivity contribution < 1.29 is 9.59 Å². The molecule has 0 aromatic heterocycles. The molecule has 0 radical (unpaired) electrons. The average molecular weight is 199 g/mol. The minimum Gasteiger partial charge on any atom is -0.335 e. The number of hydrogen-bond acceptors (Lipinski definition) is 3. The van der Waals surface area contributed by atoms with Crippen LogP contribution in [0, 0.1) is 0 Å². The average Bonchev–Trinajstić information content (AvgIpc) is 2.14. The second-order valence-electron chi connectivity index (χ2n) is 3.71. The molecular formula is C9H17N3O2. The number of likely N-dealkylation sites (N-methyl/N-ethyl adjacent to an activating group) is 2. The molecule has 5 heteroatoms. The molecule has 1 unspecified atom stereocenters. The van der Waals surface area contributed by atoms with Crippen LogP contribution in [0.25, 0.3) is 0 Å². The van der Waals surface area contributed by atoms with Crippen molar-refractivity contribution in [3.8, 4) is 0 Å². The Bertz CT molecular complexity index is 242. The molecule has 1 atom stereocenters. The third-order valence-corrected chi connectivity index (χ3v) is 2.46. The third-order valence-electron chi connectivity index (χ3n) is 2.46. The summed E-state index contributed by atoms with van der Waals surface area (Å²) < 4.78 is 0. The summed E-state index contributed by atoms with van der Waals surface area (Å²) in [6.07, 6.45) is 0. The van der Waals surface area contributed by atoms with Crippen LogP contribution in [-0.2, 0) is 9.59 Å². The number of carbonyl (C=O) groups excluding carboxylic acids is 2. The SMILES string of the molecule is CNC(C)CN1CC(=O)N(C)CC1=O. The predicted molar refractivity (Wildman–Crippen MR) is 52.7 cm³/mol. The van der Waals surface area contributed by atoms with Crippen LogP contribution in [0.2, 0.25) is 0 Å². The fourth-order valence-corrected chi connectivity index (χ4v) is 1.35. The lowest BCUT2D eigenvalue weighted by atomic mass is 10.2. The van der Waals surface area contributed by atoms with Gasteiger partial charge in [0.1, 0.15) is 0 Å². The second-order valence-corrected chi connectivity index (χ2v) is 3.71. The molecule has 0 aliphatic carbocycles. The van der Waals surface area contributed by atoms with E-state index in [-0.39, 0.29) is 30.9 Å². The normalized spacial score (nSPS) is 20.2. The standard InChI is InChI=1S/C9H17N3O2/c1-7(10-2)4-12-6-8(13)11(3)5-9(12)14/h7,10H,4-6H2,1-3H3. The molecule has 14 heavy (non-hydrogen) atoms. The molecule has 1 aliphatic rings. The molecule has 1 fully saturated rings. The zero-order valence-electron chi connectivity index (χ0n) is 8.91. The van der Waals surface area contributed by atoms with Crippen LogP contribution >= 0.6 is 0 Å². The number of piperazine rings is 1. The highest BCUT2D eigenvalue weighted by Crippen LogP contribution is 2.03. The van der Waals surface area contributed by atoms with Crippen molar-refractivity contribution >= 4 is 11.8 Å². The number of carbonyl (C=O) groups is 2. The fraction of sp³-hybridized carbons (Fsp3) is 0.778. The van der Waals surface area contributed by atoms with Crippen molar-refractivity contribution in [2.45, 2.75) is 13.0 Å². The molecule has 1 heterocycles. The highest BCUT2D eigenvalue weighted by atomic mass is 16.2. The maximum atomic E-state index is 11.5. The molecule has 5 nitrogen and oxygen atoms in total. The van der Waals surface area contributed by atoms with E-state index in [2.05, 4.69) is 5.32 Å². The highest BCUT2D eigenvalue weighted by Gasteiger charge is 2.27. The Hall–Kier alpha value is -1.10. The van der Waals surface area contributed by atoms with Crippen molar-refractivity contribution in [1.29, 1.82) is 0 Å². The largest absolute Gasteiger partial charge is 0.335 e. The Morgan fingerprint density at radius 2 is 2.00 bits per heavy atom. The van der Waals surface area contributed by atoms with E-state index in [1.807, 2.05) is 14.0 Å². The van der Waals surface area contributed by atoms with E-state index in [9.17, 15) is 9.59 Å². The van der Waals surface area contributed by atoms with Gasteiger partial charge in [-0.15, -0.1) is 0 Å². The van der Waals surface area contributed by atoms with Crippen molar-refractivity contribution in [2.75, 3.05) is 33.7 Å². The molecule has 1 saturated heterocycles. The molecule has 1 rings (SSSR count). The summed E-state index contributed by atoms with van der Waals surface area (Å²) in [6.45, 7) is 2.99. The second kappa shape index (κ2) is 4.41. The summed E-state index contributed by atoms with van der Waals surface area (Å²) in [5.41, 5.74) is 0. The monoisotopic (exact) mass is 199 g/mol. The zero-order chi connectivity index (χ0) is 10.7. The van der Waals surface area contributed by atoms with Crippen molar-refractivity contribution in [3.05, 3.63) is 0 Å².